The molecular weight excluding hydrogens is 310 g/mol. The van der Waals surface area contributed by atoms with Crippen LogP contribution in [0.4, 0.5) is 4.79 Å². The summed E-state index contributed by atoms with van der Waals surface area (Å²) in [4.78, 5) is 39.2. The quantitative estimate of drug-likeness (QED) is 0.788. The first kappa shape index (κ1) is 20.0. The molecule has 0 radical (unpaired) electrons. The lowest BCUT2D eigenvalue weighted by atomic mass is 10.2. The molecule has 1 aliphatic heterocycles. The number of ether oxygens (including phenoxy) is 1. The van der Waals surface area contributed by atoms with Crippen molar-refractivity contribution in [3.05, 3.63) is 12.2 Å². The molecule has 0 aromatic heterocycles. The van der Waals surface area contributed by atoms with Gasteiger partial charge in [0.1, 0.15) is 12.1 Å². The van der Waals surface area contributed by atoms with Gasteiger partial charge in [-0.1, -0.05) is 13.0 Å². The van der Waals surface area contributed by atoms with E-state index in [4.69, 9.17) is 4.74 Å². The Kier molecular flexibility index (Phi) is 7.74. The van der Waals surface area contributed by atoms with Crippen molar-refractivity contribution in [1.29, 1.82) is 0 Å². The summed E-state index contributed by atoms with van der Waals surface area (Å²) in [5.41, 5.74) is -0.595. The molecule has 3 amide bonds. The van der Waals surface area contributed by atoms with Crippen LogP contribution in [0.5, 0.6) is 0 Å². The van der Waals surface area contributed by atoms with E-state index in [9.17, 15) is 14.4 Å². The van der Waals surface area contributed by atoms with E-state index >= 15 is 0 Å². The van der Waals surface area contributed by atoms with Crippen molar-refractivity contribution in [2.45, 2.75) is 46.1 Å². The van der Waals surface area contributed by atoms with Gasteiger partial charge in [-0.3, -0.25) is 9.59 Å². The minimum absolute atomic E-state index is 0.0157. The van der Waals surface area contributed by atoms with Gasteiger partial charge in [0.15, 0.2) is 0 Å². The monoisotopic (exact) mass is 339 g/mol. The maximum absolute atomic E-state index is 12.2. The van der Waals surface area contributed by atoms with E-state index in [2.05, 4.69) is 5.32 Å². The highest BCUT2D eigenvalue weighted by Gasteiger charge is 2.22. The normalized spacial score (nSPS) is 16.0. The Morgan fingerprint density at radius 2 is 1.71 bits per heavy atom. The summed E-state index contributed by atoms with van der Waals surface area (Å²) < 4.78 is 5.10. The molecule has 24 heavy (non-hydrogen) atoms. The fourth-order valence-electron chi connectivity index (χ4n) is 2.29. The Bertz CT molecular complexity index is 483. The van der Waals surface area contributed by atoms with Crippen molar-refractivity contribution < 1.29 is 19.1 Å². The Labute approximate surface area is 144 Å². The molecule has 0 saturated carbocycles. The van der Waals surface area contributed by atoms with Crippen LogP contribution in [-0.4, -0.2) is 66.0 Å². The van der Waals surface area contributed by atoms with E-state index in [1.54, 1.807) is 36.6 Å². The highest BCUT2D eigenvalue weighted by atomic mass is 16.6. The summed E-state index contributed by atoms with van der Waals surface area (Å²) in [6.45, 7) is 9.37. The Balaban J connectivity index is 2.43. The highest BCUT2D eigenvalue weighted by Crippen LogP contribution is 2.07. The van der Waals surface area contributed by atoms with Gasteiger partial charge in [0.2, 0.25) is 11.8 Å². The van der Waals surface area contributed by atoms with Gasteiger partial charge in [0, 0.05) is 26.2 Å². The Morgan fingerprint density at radius 1 is 1.08 bits per heavy atom. The third kappa shape index (κ3) is 7.48. The average Bonchev–Trinajstić information content (AvgIpc) is 2.74. The Morgan fingerprint density at radius 3 is 2.33 bits per heavy atom. The van der Waals surface area contributed by atoms with Gasteiger partial charge in [0.05, 0.1) is 0 Å². The van der Waals surface area contributed by atoms with Crippen LogP contribution < -0.4 is 5.32 Å². The summed E-state index contributed by atoms with van der Waals surface area (Å²) in [6.07, 6.45) is 4.36. The maximum atomic E-state index is 12.2. The smallest absolute Gasteiger partial charge is 0.408 e. The van der Waals surface area contributed by atoms with E-state index in [1.807, 2.05) is 13.0 Å². The van der Waals surface area contributed by atoms with Gasteiger partial charge in [0.25, 0.3) is 0 Å². The van der Waals surface area contributed by atoms with E-state index in [0.29, 0.717) is 26.2 Å². The molecule has 0 bridgehead atoms. The van der Waals surface area contributed by atoms with Crippen LogP contribution in [0.3, 0.4) is 0 Å². The van der Waals surface area contributed by atoms with Crippen LogP contribution >= 0.6 is 0 Å². The summed E-state index contributed by atoms with van der Waals surface area (Å²) in [6, 6.07) is 0. The van der Waals surface area contributed by atoms with Gasteiger partial charge in [-0.2, -0.15) is 0 Å². The zero-order chi connectivity index (χ0) is 18.2. The highest BCUT2D eigenvalue weighted by molar-refractivity contribution is 5.87. The largest absolute Gasteiger partial charge is 0.444 e. The summed E-state index contributed by atoms with van der Waals surface area (Å²) in [5, 5.41) is 2.47. The number of hydrogen-bond acceptors (Lipinski definition) is 4. The number of nitrogens with zero attached hydrogens (tertiary/aromatic N) is 2. The topological polar surface area (TPSA) is 79.0 Å². The molecule has 1 rings (SSSR count). The van der Waals surface area contributed by atoms with Crippen LogP contribution in [0, 0.1) is 0 Å². The molecule has 1 fully saturated rings. The van der Waals surface area contributed by atoms with Crippen LogP contribution in [0.1, 0.15) is 40.5 Å². The molecule has 1 heterocycles. The van der Waals surface area contributed by atoms with E-state index < -0.39 is 11.7 Å². The lowest BCUT2D eigenvalue weighted by Gasteiger charge is -2.23. The zero-order valence-electron chi connectivity index (χ0n) is 15.1. The third-order valence-electron chi connectivity index (χ3n) is 3.44. The number of nitrogens with one attached hydrogen (secondary N) is 1. The summed E-state index contributed by atoms with van der Waals surface area (Å²) in [7, 11) is 0. The average molecular weight is 339 g/mol. The number of carbonyl (C=O) groups excluding carboxylic acids is 3. The zero-order valence-corrected chi connectivity index (χ0v) is 15.1. The molecule has 136 valence electrons. The first-order valence-corrected chi connectivity index (χ1v) is 8.43. The number of allylic oxidation sites excluding steroid dienone is 1. The van der Waals surface area contributed by atoms with E-state index in [0.717, 1.165) is 12.8 Å². The van der Waals surface area contributed by atoms with Crippen LogP contribution in [0.2, 0.25) is 0 Å². The van der Waals surface area contributed by atoms with Crippen molar-refractivity contribution in [2.24, 2.45) is 0 Å². The second kappa shape index (κ2) is 9.30. The predicted octanol–water partition coefficient (Wildman–Crippen LogP) is 1.54. The summed E-state index contributed by atoms with van der Waals surface area (Å²) in [5.74, 6) is -0.183. The van der Waals surface area contributed by atoms with Crippen LogP contribution in [0.15, 0.2) is 12.2 Å². The molecule has 0 spiro atoms. The number of amides is 3. The molecule has 1 N–H and O–H groups in total. The van der Waals surface area contributed by atoms with Crippen molar-refractivity contribution in [1.82, 2.24) is 15.1 Å². The number of alkyl carbamates (subject to hydrolysis) is 1. The molecule has 0 aliphatic carbocycles. The lowest BCUT2D eigenvalue weighted by molar-refractivity contribution is -0.131. The second-order valence-electron chi connectivity index (χ2n) is 6.73. The van der Waals surface area contributed by atoms with Gasteiger partial charge in [-0.05, 0) is 39.7 Å². The number of carbonyl (C=O) groups is 3. The number of rotatable bonds is 4. The van der Waals surface area contributed by atoms with Crippen molar-refractivity contribution in [3.8, 4) is 0 Å². The maximum Gasteiger partial charge on any atom is 0.408 e. The minimum Gasteiger partial charge on any atom is -0.444 e. The van der Waals surface area contributed by atoms with Gasteiger partial charge in [-0.15, -0.1) is 0 Å². The predicted molar refractivity (Wildman–Crippen MR) is 91.4 cm³/mol. The fourth-order valence-corrected chi connectivity index (χ4v) is 2.29. The molecule has 0 atom stereocenters. The SMILES string of the molecule is CC/C=C/C(=O)N1CCCN(C(=O)CNC(=O)OC(C)(C)C)CC1. The van der Waals surface area contributed by atoms with Crippen molar-refractivity contribution in [2.75, 3.05) is 32.7 Å². The van der Waals surface area contributed by atoms with Gasteiger partial charge < -0.3 is 19.9 Å². The van der Waals surface area contributed by atoms with Crippen molar-refractivity contribution >= 4 is 17.9 Å². The second-order valence-corrected chi connectivity index (χ2v) is 6.73. The number of hydrogen-bond donors (Lipinski definition) is 1. The van der Waals surface area contributed by atoms with E-state index in [1.165, 1.54) is 0 Å². The lowest BCUT2D eigenvalue weighted by Crippen LogP contribution is -2.43. The molecule has 1 saturated heterocycles. The molecule has 0 aromatic rings. The minimum atomic E-state index is -0.604. The first-order valence-electron chi connectivity index (χ1n) is 8.43. The molecular formula is C17H29N3O4. The van der Waals surface area contributed by atoms with Crippen molar-refractivity contribution in [3.63, 3.8) is 0 Å². The van der Waals surface area contributed by atoms with Crippen LogP contribution in [0.25, 0.3) is 0 Å². The third-order valence-corrected chi connectivity index (χ3v) is 3.44. The summed E-state index contributed by atoms with van der Waals surface area (Å²) >= 11 is 0. The fraction of sp³-hybridized carbons (Fsp3) is 0.706. The van der Waals surface area contributed by atoms with Gasteiger partial charge in [-0.25, -0.2) is 4.79 Å². The Hall–Kier alpha value is -2.05. The molecule has 1 aliphatic rings. The van der Waals surface area contributed by atoms with Crippen LogP contribution in [-0.2, 0) is 14.3 Å². The van der Waals surface area contributed by atoms with Gasteiger partial charge >= 0.3 is 6.09 Å². The molecule has 0 aromatic carbocycles. The first-order chi connectivity index (χ1) is 11.2. The van der Waals surface area contributed by atoms with E-state index in [-0.39, 0.29) is 18.4 Å². The molecule has 7 heteroatoms. The molecule has 7 nitrogen and oxygen atoms in total. The molecule has 0 unspecified atom stereocenters. The standard InChI is InChI=1S/C17H29N3O4/c1-5-6-8-14(21)19-9-7-10-20(12-11-19)15(22)13-18-16(23)24-17(2,3)4/h6,8H,5,7,9-13H2,1-4H3,(H,18,23)/b8-6+.